The van der Waals surface area contributed by atoms with Crippen LogP contribution < -0.4 is 5.46 Å². The predicted octanol–water partition coefficient (Wildman–Crippen LogP) is 0.178. The zero-order valence-electron chi connectivity index (χ0n) is 8.09. The third kappa shape index (κ3) is 1.98. The van der Waals surface area contributed by atoms with Crippen LogP contribution in [-0.4, -0.2) is 31.0 Å². The zero-order valence-corrected chi connectivity index (χ0v) is 8.09. The largest absolute Gasteiger partial charge is 0.494 e. The Hall–Kier alpha value is -0.835. The molecule has 2 atom stereocenters. The van der Waals surface area contributed by atoms with Crippen LogP contribution in [0.25, 0.3) is 0 Å². The summed E-state index contributed by atoms with van der Waals surface area (Å²) >= 11 is 0. The highest BCUT2D eigenvalue weighted by atomic mass is 16.6. The highest BCUT2D eigenvalue weighted by Crippen LogP contribution is 2.09. The molecule has 0 radical (unpaired) electrons. The first-order valence-corrected chi connectivity index (χ1v) is 4.77. The van der Waals surface area contributed by atoms with E-state index in [1.807, 2.05) is 37.3 Å². The van der Waals surface area contributed by atoms with Gasteiger partial charge in [-0.25, -0.2) is 0 Å². The summed E-state index contributed by atoms with van der Waals surface area (Å²) in [6, 6.07) is 9.74. The molecule has 2 unspecified atom stereocenters. The zero-order chi connectivity index (χ0) is 9.97. The highest BCUT2D eigenvalue weighted by Gasteiger charge is 2.32. The van der Waals surface area contributed by atoms with Gasteiger partial charge in [0.15, 0.2) is 0 Å². The van der Waals surface area contributed by atoms with E-state index in [9.17, 15) is 5.11 Å². The molecule has 1 aliphatic rings. The fraction of sp³-hybridized carbons (Fsp3) is 0.400. The minimum absolute atomic E-state index is 0.172. The Kier molecular flexibility index (Phi) is 2.86. The number of aliphatic hydroxyl groups excluding tert-OH is 1. The van der Waals surface area contributed by atoms with Gasteiger partial charge in [-0.1, -0.05) is 30.3 Å². The van der Waals surface area contributed by atoms with Crippen LogP contribution >= 0.6 is 0 Å². The summed E-state index contributed by atoms with van der Waals surface area (Å²) in [6.45, 7) is 2.18. The highest BCUT2D eigenvalue weighted by molar-refractivity contribution is 6.61. The first-order chi connectivity index (χ1) is 6.77. The van der Waals surface area contributed by atoms with Crippen LogP contribution in [-0.2, 0) is 9.31 Å². The van der Waals surface area contributed by atoms with Crippen molar-refractivity contribution in [2.45, 2.75) is 19.1 Å². The molecule has 4 heteroatoms. The van der Waals surface area contributed by atoms with E-state index in [0.29, 0.717) is 6.61 Å². The second kappa shape index (κ2) is 4.13. The van der Waals surface area contributed by atoms with E-state index in [1.165, 1.54) is 0 Å². The molecule has 74 valence electrons. The van der Waals surface area contributed by atoms with Crippen molar-refractivity contribution in [1.29, 1.82) is 0 Å². The molecule has 0 spiro atoms. The Bertz CT molecular complexity index is 291. The minimum Gasteiger partial charge on any atom is -0.404 e. The molecule has 3 nitrogen and oxygen atoms in total. The standard InChI is InChI=1S/C10H13BO3/c1-8-10(12)7-13-11(14-8)9-5-3-2-4-6-9/h2-6,8,10,12H,7H2,1H3. The van der Waals surface area contributed by atoms with Crippen molar-refractivity contribution in [1.82, 2.24) is 0 Å². The van der Waals surface area contributed by atoms with Gasteiger partial charge in [0.25, 0.3) is 0 Å². The molecule has 0 saturated carbocycles. The van der Waals surface area contributed by atoms with E-state index in [2.05, 4.69) is 0 Å². The summed E-state index contributed by atoms with van der Waals surface area (Å²) in [6.07, 6.45) is -0.691. The SMILES string of the molecule is CC1OB(c2ccccc2)OCC1O. The molecule has 14 heavy (non-hydrogen) atoms. The lowest BCUT2D eigenvalue weighted by Crippen LogP contribution is -2.50. The van der Waals surface area contributed by atoms with Gasteiger partial charge in [-0.2, -0.15) is 0 Å². The van der Waals surface area contributed by atoms with Crippen molar-refractivity contribution in [3.63, 3.8) is 0 Å². The number of aliphatic hydroxyl groups is 1. The summed E-state index contributed by atoms with van der Waals surface area (Å²) in [5, 5.41) is 9.39. The van der Waals surface area contributed by atoms with Gasteiger partial charge in [0.05, 0.1) is 18.8 Å². The second-order valence-electron chi connectivity index (χ2n) is 3.48. The first kappa shape index (κ1) is 9.71. The smallest absolute Gasteiger partial charge is 0.404 e. The molecule has 1 aliphatic heterocycles. The Labute approximate surface area is 83.8 Å². The van der Waals surface area contributed by atoms with Crippen molar-refractivity contribution >= 4 is 12.6 Å². The summed E-state index contributed by atoms with van der Waals surface area (Å²) in [5.41, 5.74) is 0.992. The molecule has 1 aromatic carbocycles. The number of benzene rings is 1. The van der Waals surface area contributed by atoms with E-state index in [0.717, 1.165) is 5.46 Å². The van der Waals surface area contributed by atoms with Crippen molar-refractivity contribution in [2.24, 2.45) is 0 Å². The van der Waals surface area contributed by atoms with Crippen molar-refractivity contribution in [3.05, 3.63) is 30.3 Å². The lowest BCUT2D eigenvalue weighted by atomic mass is 9.77. The lowest BCUT2D eigenvalue weighted by Gasteiger charge is -2.29. The van der Waals surface area contributed by atoms with Crippen molar-refractivity contribution in [2.75, 3.05) is 6.61 Å². The maximum absolute atomic E-state index is 9.39. The van der Waals surface area contributed by atoms with Gasteiger partial charge < -0.3 is 14.4 Å². The fourth-order valence-electron chi connectivity index (χ4n) is 1.43. The summed E-state index contributed by atoms with van der Waals surface area (Å²) < 4.78 is 10.9. The number of rotatable bonds is 1. The van der Waals surface area contributed by atoms with Gasteiger partial charge in [0.2, 0.25) is 0 Å². The maximum Gasteiger partial charge on any atom is 0.494 e. The molecule has 1 heterocycles. The molecule has 0 aromatic heterocycles. The Morgan fingerprint density at radius 3 is 2.71 bits per heavy atom. The van der Waals surface area contributed by atoms with E-state index in [1.54, 1.807) is 0 Å². The molecule has 1 N–H and O–H groups in total. The van der Waals surface area contributed by atoms with Gasteiger partial charge in [-0.15, -0.1) is 0 Å². The Morgan fingerprint density at radius 1 is 1.36 bits per heavy atom. The number of hydrogen-bond donors (Lipinski definition) is 1. The van der Waals surface area contributed by atoms with E-state index < -0.39 is 6.10 Å². The predicted molar refractivity (Wildman–Crippen MR) is 54.3 cm³/mol. The van der Waals surface area contributed by atoms with Crippen LogP contribution in [0.1, 0.15) is 6.92 Å². The third-order valence-electron chi connectivity index (χ3n) is 2.37. The van der Waals surface area contributed by atoms with Gasteiger partial charge in [-0.05, 0) is 12.4 Å². The average molecular weight is 192 g/mol. The van der Waals surface area contributed by atoms with Gasteiger partial charge in [-0.3, -0.25) is 0 Å². The molecule has 1 saturated heterocycles. The molecule has 2 rings (SSSR count). The summed E-state index contributed by atoms with van der Waals surface area (Å²) in [7, 11) is -0.338. The van der Waals surface area contributed by atoms with Crippen LogP contribution in [0.2, 0.25) is 0 Å². The normalized spacial score (nSPS) is 27.7. The quantitative estimate of drug-likeness (QED) is 0.645. The van der Waals surface area contributed by atoms with Crippen molar-refractivity contribution in [3.8, 4) is 0 Å². The van der Waals surface area contributed by atoms with Crippen LogP contribution in [0.15, 0.2) is 30.3 Å². The molecule has 0 aliphatic carbocycles. The van der Waals surface area contributed by atoms with Gasteiger partial charge in [0, 0.05) is 0 Å². The van der Waals surface area contributed by atoms with Gasteiger partial charge in [0.1, 0.15) is 0 Å². The van der Waals surface area contributed by atoms with Gasteiger partial charge >= 0.3 is 7.12 Å². The molecular weight excluding hydrogens is 179 g/mol. The van der Waals surface area contributed by atoms with Crippen LogP contribution in [0.3, 0.4) is 0 Å². The lowest BCUT2D eigenvalue weighted by molar-refractivity contribution is -0.0372. The number of hydrogen-bond acceptors (Lipinski definition) is 3. The monoisotopic (exact) mass is 192 g/mol. The first-order valence-electron chi connectivity index (χ1n) is 4.77. The molecular formula is C10H13BO3. The average Bonchev–Trinajstić information content (AvgIpc) is 2.23. The van der Waals surface area contributed by atoms with E-state index in [4.69, 9.17) is 9.31 Å². The van der Waals surface area contributed by atoms with E-state index >= 15 is 0 Å². The van der Waals surface area contributed by atoms with Crippen LogP contribution in [0.4, 0.5) is 0 Å². The van der Waals surface area contributed by atoms with Crippen molar-refractivity contribution < 1.29 is 14.4 Å². The summed E-state index contributed by atoms with van der Waals surface area (Å²) in [4.78, 5) is 0. The Morgan fingerprint density at radius 2 is 2.07 bits per heavy atom. The topological polar surface area (TPSA) is 38.7 Å². The fourth-order valence-corrected chi connectivity index (χ4v) is 1.43. The van der Waals surface area contributed by atoms with Crippen LogP contribution in [0.5, 0.6) is 0 Å². The molecule has 1 fully saturated rings. The van der Waals surface area contributed by atoms with Crippen LogP contribution in [0, 0.1) is 0 Å². The van der Waals surface area contributed by atoms with E-state index in [-0.39, 0.29) is 13.2 Å². The third-order valence-corrected chi connectivity index (χ3v) is 2.37. The molecule has 1 aromatic rings. The molecule has 0 amide bonds. The maximum atomic E-state index is 9.39. The Balaban J connectivity index is 2.07. The second-order valence-corrected chi connectivity index (χ2v) is 3.48. The summed E-state index contributed by atoms with van der Waals surface area (Å²) in [5.74, 6) is 0. The molecule has 0 bridgehead atoms. The minimum atomic E-state index is -0.519.